The van der Waals surface area contributed by atoms with Gasteiger partial charge in [0.05, 0.1) is 13.2 Å². The van der Waals surface area contributed by atoms with E-state index in [9.17, 15) is 9.90 Å². The molecule has 0 saturated heterocycles. The summed E-state index contributed by atoms with van der Waals surface area (Å²) in [7, 11) is 1.55. The second-order valence-electron chi connectivity index (χ2n) is 5.20. The molecule has 2 rings (SSSR count). The summed E-state index contributed by atoms with van der Waals surface area (Å²) in [5.41, 5.74) is 6.27. The Morgan fingerprint density at radius 2 is 2.00 bits per heavy atom. The van der Waals surface area contributed by atoms with E-state index in [0.29, 0.717) is 22.9 Å². The number of carbonyl (C=O) groups excluding carboxylic acids is 1. The zero-order chi connectivity index (χ0) is 17.5. The van der Waals surface area contributed by atoms with Gasteiger partial charge in [-0.1, -0.05) is 18.2 Å². The fourth-order valence-electron chi connectivity index (χ4n) is 1.98. The minimum Gasteiger partial charge on any atom is -0.493 e. The summed E-state index contributed by atoms with van der Waals surface area (Å²) in [5, 5.41) is 12.0. The molecule has 0 radical (unpaired) electrons. The smallest absolute Gasteiger partial charge is 0.239 e. The molecule has 1 aromatic heterocycles. The molecule has 0 bridgehead atoms. The van der Waals surface area contributed by atoms with Gasteiger partial charge in [0.1, 0.15) is 6.04 Å². The Hall–Kier alpha value is -2.64. The number of hydrogen-bond donors (Lipinski definition) is 3. The van der Waals surface area contributed by atoms with Crippen LogP contribution in [0.25, 0.3) is 0 Å². The Balaban J connectivity index is 2.12. The van der Waals surface area contributed by atoms with Gasteiger partial charge in [0.25, 0.3) is 0 Å². The van der Waals surface area contributed by atoms with Crippen LogP contribution in [0, 0.1) is 0 Å². The summed E-state index contributed by atoms with van der Waals surface area (Å²) >= 11 is 0. The number of aliphatic hydroxyl groups is 1. The summed E-state index contributed by atoms with van der Waals surface area (Å²) < 4.78 is 11.1. The van der Waals surface area contributed by atoms with Crippen molar-refractivity contribution < 1.29 is 19.4 Å². The number of carbonyl (C=O) groups is 1. The van der Waals surface area contributed by atoms with Crippen molar-refractivity contribution in [2.45, 2.75) is 25.6 Å². The Morgan fingerprint density at radius 3 is 2.67 bits per heavy atom. The van der Waals surface area contributed by atoms with Gasteiger partial charge in [0.2, 0.25) is 11.8 Å². The lowest BCUT2D eigenvalue weighted by Gasteiger charge is -2.16. The molecule has 0 fully saturated rings. The van der Waals surface area contributed by atoms with E-state index in [-0.39, 0.29) is 6.54 Å². The highest BCUT2D eigenvalue weighted by molar-refractivity contribution is 5.82. The van der Waals surface area contributed by atoms with Crippen molar-refractivity contribution in [2.24, 2.45) is 5.73 Å². The third-order valence-corrected chi connectivity index (χ3v) is 3.40. The van der Waals surface area contributed by atoms with Gasteiger partial charge in [-0.15, -0.1) is 0 Å². The van der Waals surface area contributed by atoms with Gasteiger partial charge in [0, 0.05) is 18.3 Å². The third-order valence-electron chi connectivity index (χ3n) is 3.40. The van der Waals surface area contributed by atoms with Gasteiger partial charge in [-0.25, -0.2) is 4.98 Å². The molecular formula is C17H21N3O4. The monoisotopic (exact) mass is 331 g/mol. The van der Waals surface area contributed by atoms with Gasteiger partial charge < -0.3 is 25.6 Å². The molecule has 7 nitrogen and oxygen atoms in total. The van der Waals surface area contributed by atoms with Crippen molar-refractivity contribution in [1.82, 2.24) is 10.3 Å². The van der Waals surface area contributed by atoms with Gasteiger partial charge >= 0.3 is 0 Å². The summed E-state index contributed by atoms with van der Waals surface area (Å²) in [4.78, 5) is 16.0. The standard InChI is InChI=1S/C17H21N3O4/c1-11(21)15(18)16(22)20-10-12-6-5-9-19-17(12)24-14-8-4-3-7-13(14)23-2/h3-9,11,15,21H,10,18H2,1-2H3,(H,20,22)/t11-,15+/m1/s1. The number of nitrogens with zero attached hydrogens (tertiary/aromatic N) is 1. The molecule has 0 unspecified atom stereocenters. The number of pyridine rings is 1. The fourth-order valence-corrected chi connectivity index (χ4v) is 1.98. The zero-order valence-electron chi connectivity index (χ0n) is 13.6. The maximum Gasteiger partial charge on any atom is 0.239 e. The average Bonchev–Trinajstić information content (AvgIpc) is 2.60. The maximum absolute atomic E-state index is 11.9. The number of amides is 1. The van der Waals surface area contributed by atoms with Crippen molar-refractivity contribution >= 4 is 5.91 Å². The number of nitrogens with two attached hydrogens (primary N) is 1. The minimum atomic E-state index is -0.986. The number of aromatic nitrogens is 1. The van der Waals surface area contributed by atoms with Crippen molar-refractivity contribution in [2.75, 3.05) is 7.11 Å². The van der Waals surface area contributed by atoms with Gasteiger partial charge in [-0.2, -0.15) is 0 Å². The Morgan fingerprint density at radius 1 is 1.29 bits per heavy atom. The highest BCUT2D eigenvalue weighted by Gasteiger charge is 2.19. The van der Waals surface area contributed by atoms with E-state index >= 15 is 0 Å². The molecule has 1 aromatic carbocycles. The molecule has 0 saturated carbocycles. The molecule has 1 amide bonds. The van der Waals surface area contributed by atoms with E-state index in [1.807, 2.05) is 12.1 Å². The highest BCUT2D eigenvalue weighted by Crippen LogP contribution is 2.31. The van der Waals surface area contributed by atoms with Gasteiger partial charge in [-0.05, 0) is 25.1 Å². The Labute approximate surface area is 140 Å². The lowest BCUT2D eigenvalue weighted by Crippen LogP contribution is -2.46. The lowest BCUT2D eigenvalue weighted by molar-refractivity contribution is -0.124. The van der Waals surface area contributed by atoms with Crippen LogP contribution in [0.3, 0.4) is 0 Å². The highest BCUT2D eigenvalue weighted by atomic mass is 16.5. The topological polar surface area (TPSA) is 107 Å². The number of rotatable bonds is 7. The predicted molar refractivity (Wildman–Crippen MR) is 88.8 cm³/mol. The van der Waals surface area contributed by atoms with Crippen LogP contribution in [-0.2, 0) is 11.3 Å². The molecule has 128 valence electrons. The molecule has 0 aliphatic carbocycles. The van der Waals surface area contributed by atoms with Crippen LogP contribution in [0.1, 0.15) is 12.5 Å². The van der Waals surface area contributed by atoms with Crippen LogP contribution in [0.5, 0.6) is 17.4 Å². The summed E-state index contributed by atoms with van der Waals surface area (Å²) in [6, 6.07) is 9.74. The predicted octanol–water partition coefficient (Wildman–Crippen LogP) is 1.21. The molecule has 1 heterocycles. The van der Waals surface area contributed by atoms with Crippen LogP contribution < -0.4 is 20.5 Å². The Bertz CT molecular complexity index is 691. The number of benzene rings is 1. The van der Waals surface area contributed by atoms with Crippen molar-refractivity contribution in [3.8, 4) is 17.4 Å². The second kappa shape index (κ2) is 8.28. The zero-order valence-corrected chi connectivity index (χ0v) is 13.6. The van der Waals surface area contributed by atoms with Crippen molar-refractivity contribution in [1.29, 1.82) is 0 Å². The SMILES string of the molecule is COc1ccccc1Oc1ncccc1CNC(=O)[C@@H](N)[C@@H](C)O. The first kappa shape index (κ1) is 17.7. The van der Waals surface area contributed by atoms with E-state index in [2.05, 4.69) is 10.3 Å². The molecule has 4 N–H and O–H groups in total. The van der Waals surface area contributed by atoms with E-state index in [4.69, 9.17) is 15.2 Å². The molecule has 0 aliphatic heterocycles. The maximum atomic E-state index is 11.9. The number of nitrogens with one attached hydrogen (secondary N) is 1. The van der Waals surface area contributed by atoms with E-state index in [1.165, 1.54) is 6.92 Å². The van der Waals surface area contributed by atoms with Crippen LogP contribution in [0.2, 0.25) is 0 Å². The van der Waals surface area contributed by atoms with Crippen LogP contribution in [-0.4, -0.2) is 35.3 Å². The molecule has 7 heteroatoms. The minimum absolute atomic E-state index is 0.178. The number of aliphatic hydroxyl groups excluding tert-OH is 1. The largest absolute Gasteiger partial charge is 0.493 e. The van der Waals surface area contributed by atoms with Crippen molar-refractivity contribution in [3.63, 3.8) is 0 Å². The quantitative estimate of drug-likeness (QED) is 0.704. The number of ether oxygens (including phenoxy) is 2. The lowest BCUT2D eigenvalue weighted by atomic mass is 10.2. The molecule has 24 heavy (non-hydrogen) atoms. The van der Waals surface area contributed by atoms with Crippen LogP contribution >= 0.6 is 0 Å². The third kappa shape index (κ3) is 4.43. The van der Waals surface area contributed by atoms with Crippen LogP contribution in [0.4, 0.5) is 0 Å². The van der Waals surface area contributed by atoms with E-state index < -0.39 is 18.1 Å². The normalized spacial score (nSPS) is 13.0. The molecule has 2 atom stereocenters. The second-order valence-corrected chi connectivity index (χ2v) is 5.20. The number of methoxy groups -OCH3 is 1. The number of para-hydroxylation sites is 2. The van der Waals surface area contributed by atoms with E-state index in [1.54, 1.807) is 37.6 Å². The first-order chi connectivity index (χ1) is 11.5. The molecular weight excluding hydrogens is 310 g/mol. The number of hydrogen-bond acceptors (Lipinski definition) is 6. The fraction of sp³-hybridized carbons (Fsp3) is 0.294. The molecule has 0 aliphatic rings. The summed E-state index contributed by atoms with van der Waals surface area (Å²) in [5.74, 6) is 1.01. The summed E-state index contributed by atoms with van der Waals surface area (Å²) in [6.45, 7) is 1.64. The summed E-state index contributed by atoms with van der Waals surface area (Å²) in [6.07, 6.45) is 0.667. The first-order valence-corrected chi connectivity index (χ1v) is 7.49. The Kier molecular flexibility index (Phi) is 6.11. The molecule has 2 aromatic rings. The van der Waals surface area contributed by atoms with Crippen molar-refractivity contribution in [3.05, 3.63) is 48.2 Å². The van der Waals surface area contributed by atoms with Gasteiger partial charge in [0.15, 0.2) is 11.5 Å². The first-order valence-electron chi connectivity index (χ1n) is 7.49. The van der Waals surface area contributed by atoms with E-state index in [0.717, 1.165) is 0 Å². The average molecular weight is 331 g/mol. The van der Waals surface area contributed by atoms with Gasteiger partial charge in [-0.3, -0.25) is 4.79 Å². The molecule has 0 spiro atoms. The van der Waals surface area contributed by atoms with Crippen LogP contribution in [0.15, 0.2) is 42.6 Å².